The first-order valence-electron chi connectivity index (χ1n) is 11.5. The number of benzene rings is 3. The van der Waals surface area contributed by atoms with Crippen molar-refractivity contribution in [2.45, 2.75) is 6.92 Å². The highest BCUT2D eigenvalue weighted by molar-refractivity contribution is 6.39. The Labute approximate surface area is 228 Å². The molecule has 0 unspecified atom stereocenters. The number of rotatable bonds is 7. The second kappa shape index (κ2) is 11.6. The molecule has 1 fully saturated rings. The molecule has 0 saturated carbocycles. The van der Waals surface area contributed by atoms with Gasteiger partial charge < -0.3 is 14.8 Å². The molecule has 0 radical (unpaired) electrons. The highest BCUT2D eigenvalue weighted by Crippen LogP contribution is 2.24. The van der Waals surface area contributed by atoms with Crippen molar-refractivity contribution < 1.29 is 33.4 Å². The molecule has 0 atom stereocenters. The van der Waals surface area contributed by atoms with Gasteiger partial charge in [0.05, 0.1) is 18.4 Å². The van der Waals surface area contributed by atoms with Crippen molar-refractivity contribution in [2.75, 3.05) is 23.9 Å². The molecule has 0 aromatic heterocycles. The Morgan fingerprint density at radius 3 is 2.46 bits per heavy atom. The van der Waals surface area contributed by atoms with Crippen LogP contribution in [-0.2, 0) is 19.1 Å². The van der Waals surface area contributed by atoms with E-state index in [0.29, 0.717) is 22.0 Å². The summed E-state index contributed by atoms with van der Waals surface area (Å²) in [5.74, 6) is -2.39. The monoisotopic (exact) mass is 547 g/mol. The minimum atomic E-state index is -0.925. The quantitative estimate of drug-likeness (QED) is 0.258. The van der Waals surface area contributed by atoms with E-state index in [1.165, 1.54) is 43.5 Å². The fourth-order valence-electron chi connectivity index (χ4n) is 3.63. The van der Waals surface area contributed by atoms with Crippen LogP contribution in [0.5, 0.6) is 5.75 Å². The summed E-state index contributed by atoms with van der Waals surface area (Å²) >= 11 is 6.08. The highest BCUT2D eigenvalue weighted by atomic mass is 35.5. The maximum Gasteiger partial charge on any atom is 0.337 e. The number of hydrogen-bond donors (Lipinski definition) is 2. The summed E-state index contributed by atoms with van der Waals surface area (Å²) in [5, 5.41) is 5.35. The Morgan fingerprint density at radius 1 is 1.03 bits per heavy atom. The fourth-order valence-corrected chi connectivity index (χ4v) is 3.81. The number of esters is 1. The summed E-state index contributed by atoms with van der Waals surface area (Å²) in [6, 6.07) is 16.2. The van der Waals surface area contributed by atoms with Gasteiger partial charge in [-0.3, -0.25) is 19.7 Å². The van der Waals surface area contributed by atoms with E-state index >= 15 is 0 Å². The van der Waals surface area contributed by atoms with Crippen molar-refractivity contribution in [2.24, 2.45) is 0 Å². The number of methoxy groups -OCH3 is 1. The Kier molecular flexibility index (Phi) is 8.07. The Bertz CT molecular complexity index is 1520. The number of urea groups is 1. The number of halogens is 1. The Morgan fingerprint density at radius 2 is 1.77 bits per heavy atom. The lowest BCUT2D eigenvalue weighted by Crippen LogP contribution is -2.54. The third-order valence-corrected chi connectivity index (χ3v) is 6.05. The summed E-state index contributed by atoms with van der Waals surface area (Å²) < 4.78 is 10.2. The van der Waals surface area contributed by atoms with Gasteiger partial charge in [0.15, 0.2) is 6.61 Å². The molecule has 3 aromatic rings. The standard InChI is InChI=1S/C28H22ClN3O7/c1-16-6-9-19(14-23(16)29)30-24(33)15-39-21-5-3-4-17(12-21)13-22-25(34)31-28(37)32(26(22)35)20-10-7-18(8-11-20)27(36)38-2/h3-14H,15H2,1-2H3,(H,30,33)(H,31,34,37)/b22-13-. The van der Waals surface area contributed by atoms with Crippen LogP contribution >= 0.6 is 11.6 Å². The lowest BCUT2D eigenvalue weighted by Gasteiger charge is -2.26. The van der Waals surface area contributed by atoms with Crippen LogP contribution in [0, 0.1) is 6.92 Å². The number of hydrogen-bond acceptors (Lipinski definition) is 7. The molecule has 0 aliphatic carbocycles. The van der Waals surface area contributed by atoms with E-state index in [-0.39, 0.29) is 23.4 Å². The normalized spacial score (nSPS) is 14.2. The summed E-state index contributed by atoms with van der Waals surface area (Å²) in [6.45, 7) is 1.55. The number of nitrogens with zero attached hydrogens (tertiary/aromatic N) is 1. The first kappa shape index (κ1) is 27.1. The molecule has 1 aliphatic heterocycles. The maximum absolute atomic E-state index is 13.1. The number of carbonyl (C=O) groups is 5. The van der Waals surface area contributed by atoms with Crippen molar-refractivity contribution in [3.05, 3.63) is 94.0 Å². The molecule has 198 valence electrons. The van der Waals surface area contributed by atoms with Gasteiger partial charge in [0.1, 0.15) is 11.3 Å². The van der Waals surface area contributed by atoms with Crippen LogP contribution in [0.25, 0.3) is 6.08 Å². The molecule has 0 bridgehead atoms. The summed E-state index contributed by atoms with van der Waals surface area (Å²) in [7, 11) is 1.23. The van der Waals surface area contributed by atoms with Crippen molar-refractivity contribution >= 4 is 58.8 Å². The van der Waals surface area contributed by atoms with Crippen molar-refractivity contribution in [3.63, 3.8) is 0 Å². The van der Waals surface area contributed by atoms with Gasteiger partial charge in [0.25, 0.3) is 17.7 Å². The molecule has 3 aromatic carbocycles. The molecule has 2 N–H and O–H groups in total. The van der Waals surface area contributed by atoms with Crippen LogP contribution in [0.1, 0.15) is 21.5 Å². The van der Waals surface area contributed by atoms with Gasteiger partial charge in [-0.1, -0.05) is 29.8 Å². The number of aryl methyl sites for hydroxylation is 1. The first-order chi connectivity index (χ1) is 18.7. The van der Waals surface area contributed by atoms with Crippen LogP contribution in [0.2, 0.25) is 5.02 Å². The van der Waals surface area contributed by atoms with E-state index in [1.54, 1.807) is 36.4 Å². The van der Waals surface area contributed by atoms with E-state index in [9.17, 15) is 24.0 Å². The molecular formula is C28H22ClN3O7. The van der Waals surface area contributed by atoms with Crippen LogP contribution < -0.4 is 20.3 Å². The molecule has 11 heteroatoms. The maximum atomic E-state index is 13.1. The zero-order valence-electron chi connectivity index (χ0n) is 20.8. The molecular weight excluding hydrogens is 526 g/mol. The SMILES string of the molecule is COC(=O)c1ccc(N2C(=O)NC(=O)/C(=C/c3cccc(OCC(=O)Nc4ccc(C)c(Cl)c4)c3)C2=O)cc1. The topological polar surface area (TPSA) is 131 Å². The van der Waals surface area contributed by atoms with Crippen LogP contribution in [0.4, 0.5) is 16.2 Å². The lowest BCUT2D eigenvalue weighted by molar-refractivity contribution is -0.122. The number of amides is 5. The van der Waals surface area contributed by atoms with E-state index < -0.39 is 29.7 Å². The summed E-state index contributed by atoms with van der Waals surface area (Å²) in [6.07, 6.45) is 1.31. The van der Waals surface area contributed by atoms with Gasteiger partial charge in [-0.15, -0.1) is 0 Å². The van der Waals surface area contributed by atoms with Crippen molar-refractivity contribution in [1.82, 2.24) is 5.32 Å². The Balaban J connectivity index is 1.48. The fraction of sp³-hybridized carbons (Fsp3) is 0.107. The lowest BCUT2D eigenvalue weighted by atomic mass is 10.1. The zero-order chi connectivity index (χ0) is 28.1. The average molecular weight is 548 g/mol. The minimum Gasteiger partial charge on any atom is -0.484 e. The number of nitrogens with one attached hydrogen (secondary N) is 2. The molecule has 5 amide bonds. The van der Waals surface area contributed by atoms with Crippen LogP contribution in [-0.4, -0.2) is 43.4 Å². The van der Waals surface area contributed by atoms with Gasteiger partial charge in [-0.05, 0) is 72.7 Å². The molecule has 39 heavy (non-hydrogen) atoms. The zero-order valence-corrected chi connectivity index (χ0v) is 21.6. The largest absolute Gasteiger partial charge is 0.484 e. The summed E-state index contributed by atoms with van der Waals surface area (Å²) in [5.41, 5.74) is 1.92. The third-order valence-electron chi connectivity index (χ3n) is 5.64. The number of barbiturate groups is 1. The predicted molar refractivity (Wildman–Crippen MR) is 144 cm³/mol. The van der Waals surface area contributed by atoms with Gasteiger partial charge in [0, 0.05) is 10.7 Å². The molecule has 0 spiro atoms. The van der Waals surface area contributed by atoms with Gasteiger partial charge in [0.2, 0.25) is 0 Å². The molecule has 1 heterocycles. The van der Waals surface area contributed by atoms with Gasteiger partial charge >= 0.3 is 12.0 Å². The van der Waals surface area contributed by atoms with E-state index in [1.807, 2.05) is 6.92 Å². The minimum absolute atomic E-state index is 0.154. The molecule has 4 rings (SSSR count). The number of anilines is 2. The second-order valence-electron chi connectivity index (χ2n) is 8.37. The van der Waals surface area contributed by atoms with Gasteiger partial charge in [-0.2, -0.15) is 0 Å². The third kappa shape index (κ3) is 6.31. The predicted octanol–water partition coefficient (Wildman–Crippen LogP) is 4.12. The van der Waals surface area contributed by atoms with E-state index in [0.717, 1.165) is 10.5 Å². The van der Waals surface area contributed by atoms with Gasteiger partial charge in [-0.25, -0.2) is 14.5 Å². The van der Waals surface area contributed by atoms with Crippen LogP contribution in [0.3, 0.4) is 0 Å². The highest BCUT2D eigenvalue weighted by Gasteiger charge is 2.36. The number of carbonyl (C=O) groups excluding carboxylic acids is 5. The number of ether oxygens (including phenoxy) is 2. The smallest absolute Gasteiger partial charge is 0.337 e. The second-order valence-corrected chi connectivity index (χ2v) is 8.78. The van der Waals surface area contributed by atoms with E-state index in [4.69, 9.17) is 16.3 Å². The molecule has 1 aliphatic rings. The van der Waals surface area contributed by atoms with Crippen LogP contribution in [0.15, 0.2) is 72.3 Å². The van der Waals surface area contributed by atoms with Crippen molar-refractivity contribution in [3.8, 4) is 5.75 Å². The molecule has 10 nitrogen and oxygen atoms in total. The number of imide groups is 2. The first-order valence-corrected chi connectivity index (χ1v) is 11.9. The van der Waals surface area contributed by atoms with Crippen molar-refractivity contribution in [1.29, 1.82) is 0 Å². The summed E-state index contributed by atoms with van der Waals surface area (Å²) in [4.78, 5) is 62.8. The average Bonchev–Trinajstić information content (AvgIpc) is 2.92. The van der Waals surface area contributed by atoms with E-state index in [2.05, 4.69) is 15.4 Å². The Hall–Kier alpha value is -4.96. The molecule has 1 saturated heterocycles.